The van der Waals surface area contributed by atoms with E-state index >= 15 is 0 Å². The van der Waals surface area contributed by atoms with Gasteiger partial charge in [-0.05, 0) is 38.5 Å². The molecule has 0 bridgehead atoms. The van der Waals surface area contributed by atoms with E-state index in [1.54, 1.807) is 11.2 Å². The van der Waals surface area contributed by atoms with E-state index in [1.807, 2.05) is 14.1 Å². The van der Waals surface area contributed by atoms with E-state index in [4.69, 9.17) is 11.6 Å². The molecule has 0 radical (unpaired) electrons. The van der Waals surface area contributed by atoms with Crippen LogP contribution >= 0.6 is 11.6 Å². The van der Waals surface area contributed by atoms with Crippen molar-refractivity contribution in [3.63, 3.8) is 0 Å². The third-order valence-electron chi connectivity index (χ3n) is 4.13. The molecular weight excluding hydrogens is 332 g/mol. The lowest BCUT2D eigenvalue weighted by atomic mass is 10.1. The molecule has 1 unspecified atom stereocenters. The number of halogens is 1. The maximum atomic E-state index is 11.5. The Hall–Kier alpha value is -0.830. The Labute approximate surface area is 160 Å². The fourth-order valence-electron chi connectivity index (χ4n) is 2.58. The number of carbonyl (C=O) groups excluding carboxylic acids is 1. The second-order valence-electron chi connectivity index (χ2n) is 7.05. The van der Waals surface area contributed by atoms with Crippen molar-refractivity contribution in [2.75, 3.05) is 14.1 Å². The van der Waals surface area contributed by atoms with Crippen LogP contribution in [0, 0.1) is 0 Å². The second-order valence-corrected chi connectivity index (χ2v) is 7.67. The standard InChI is InChI=1S/C21H39ClN2O/c1-4-5-6-7-8-9-10-11-12-13-14-15-16-20(22)17-18-21(25)23-19-24(2)3/h11-12,19-20H,4-10,13-18H2,1-3H3. The van der Waals surface area contributed by atoms with Crippen LogP contribution in [0.15, 0.2) is 17.1 Å². The van der Waals surface area contributed by atoms with Crippen LogP contribution in [0.3, 0.4) is 0 Å². The van der Waals surface area contributed by atoms with Crippen molar-refractivity contribution >= 4 is 23.8 Å². The van der Waals surface area contributed by atoms with Crippen molar-refractivity contribution in [1.29, 1.82) is 0 Å². The molecule has 25 heavy (non-hydrogen) atoms. The van der Waals surface area contributed by atoms with E-state index in [-0.39, 0.29) is 11.3 Å². The van der Waals surface area contributed by atoms with Gasteiger partial charge in [0, 0.05) is 25.9 Å². The minimum Gasteiger partial charge on any atom is -0.369 e. The first-order valence-electron chi connectivity index (χ1n) is 10.1. The molecule has 4 heteroatoms. The summed E-state index contributed by atoms with van der Waals surface area (Å²) in [7, 11) is 3.70. The van der Waals surface area contributed by atoms with E-state index in [2.05, 4.69) is 24.1 Å². The molecule has 0 aliphatic heterocycles. The summed E-state index contributed by atoms with van der Waals surface area (Å²) in [6.45, 7) is 2.26. The number of aliphatic imine (C=N–C) groups is 1. The van der Waals surface area contributed by atoms with Gasteiger partial charge in [0.1, 0.15) is 0 Å². The van der Waals surface area contributed by atoms with Crippen molar-refractivity contribution in [2.45, 2.75) is 95.8 Å². The molecule has 1 atom stereocenters. The molecule has 0 aromatic rings. The molecule has 0 rings (SSSR count). The third kappa shape index (κ3) is 19.3. The highest BCUT2D eigenvalue weighted by Gasteiger charge is 2.07. The van der Waals surface area contributed by atoms with Gasteiger partial charge in [-0.1, -0.05) is 57.6 Å². The molecule has 3 nitrogen and oxygen atoms in total. The molecule has 0 fully saturated rings. The molecule has 0 spiro atoms. The normalized spacial score (nSPS) is 13.0. The van der Waals surface area contributed by atoms with Crippen molar-refractivity contribution in [2.24, 2.45) is 4.99 Å². The first-order chi connectivity index (χ1) is 12.1. The summed E-state index contributed by atoms with van der Waals surface area (Å²) in [5, 5.41) is 0.0885. The van der Waals surface area contributed by atoms with Crippen LogP contribution in [0.25, 0.3) is 0 Å². The van der Waals surface area contributed by atoms with Crippen LogP contribution in [0.4, 0.5) is 0 Å². The van der Waals surface area contributed by atoms with Crippen LogP contribution in [-0.4, -0.2) is 36.6 Å². The highest BCUT2D eigenvalue weighted by molar-refractivity contribution is 6.20. The summed E-state index contributed by atoms with van der Waals surface area (Å²) in [5.41, 5.74) is 0. The maximum Gasteiger partial charge on any atom is 0.247 e. The Morgan fingerprint density at radius 1 is 0.960 bits per heavy atom. The lowest BCUT2D eigenvalue weighted by Crippen LogP contribution is -2.10. The van der Waals surface area contributed by atoms with Gasteiger partial charge in [0.05, 0.1) is 6.34 Å². The number of rotatable bonds is 16. The number of amides is 1. The summed E-state index contributed by atoms with van der Waals surface area (Å²) in [6, 6.07) is 0. The van der Waals surface area contributed by atoms with Crippen molar-refractivity contribution in [1.82, 2.24) is 4.90 Å². The maximum absolute atomic E-state index is 11.5. The first kappa shape index (κ1) is 24.2. The predicted molar refractivity (Wildman–Crippen MR) is 112 cm³/mol. The number of carbonyl (C=O) groups is 1. The van der Waals surface area contributed by atoms with Gasteiger partial charge in [0.25, 0.3) is 0 Å². The number of alkyl halides is 1. The fraction of sp³-hybridized carbons (Fsp3) is 0.810. The molecule has 0 N–H and O–H groups in total. The van der Waals surface area contributed by atoms with E-state index in [0.717, 1.165) is 25.7 Å². The largest absolute Gasteiger partial charge is 0.369 e. The minimum absolute atomic E-state index is 0.0861. The molecule has 0 heterocycles. The Bertz CT molecular complexity index is 367. The molecule has 1 amide bonds. The Morgan fingerprint density at radius 2 is 1.56 bits per heavy atom. The van der Waals surface area contributed by atoms with Crippen molar-refractivity contribution < 1.29 is 4.79 Å². The summed E-state index contributed by atoms with van der Waals surface area (Å²) < 4.78 is 0. The highest BCUT2D eigenvalue weighted by Crippen LogP contribution is 2.15. The average molecular weight is 371 g/mol. The van der Waals surface area contributed by atoms with Gasteiger partial charge >= 0.3 is 0 Å². The molecule has 0 aliphatic rings. The van der Waals surface area contributed by atoms with Gasteiger partial charge in [-0.3, -0.25) is 4.79 Å². The van der Waals surface area contributed by atoms with E-state index in [1.165, 1.54) is 51.4 Å². The van der Waals surface area contributed by atoms with Crippen molar-refractivity contribution in [3.05, 3.63) is 12.2 Å². The Kier molecular flexibility index (Phi) is 17.4. The zero-order valence-electron chi connectivity index (χ0n) is 16.7. The molecule has 0 aromatic heterocycles. The molecule has 0 saturated heterocycles. The van der Waals surface area contributed by atoms with Crippen LogP contribution in [0.5, 0.6) is 0 Å². The molecule has 0 aromatic carbocycles. The Balaban J connectivity index is 3.43. The monoisotopic (exact) mass is 370 g/mol. The molecule has 146 valence electrons. The van der Waals surface area contributed by atoms with Crippen LogP contribution < -0.4 is 0 Å². The highest BCUT2D eigenvalue weighted by atomic mass is 35.5. The Morgan fingerprint density at radius 3 is 2.20 bits per heavy atom. The third-order valence-corrected chi connectivity index (χ3v) is 4.57. The SMILES string of the molecule is CCCCCCCCC=CCCCCC(Cl)CCC(=O)N=CN(C)C. The van der Waals surface area contributed by atoms with Crippen molar-refractivity contribution in [3.8, 4) is 0 Å². The number of hydrogen-bond donors (Lipinski definition) is 0. The molecule has 0 aliphatic carbocycles. The van der Waals surface area contributed by atoms with E-state index in [9.17, 15) is 4.79 Å². The number of hydrogen-bond acceptors (Lipinski definition) is 1. The van der Waals surface area contributed by atoms with Gasteiger partial charge in [0.15, 0.2) is 0 Å². The van der Waals surface area contributed by atoms with Crippen LogP contribution in [0.2, 0.25) is 0 Å². The zero-order valence-corrected chi connectivity index (χ0v) is 17.4. The quantitative estimate of drug-likeness (QED) is 0.104. The summed E-state index contributed by atoms with van der Waals surface area (Å²) in [4.78, 5) is 17.2. The minimum atomic E-state index is -0.0861. The summed E-state index contributed by atoms with van der Waals surface area (Å²) in [6.07, 6.45) is 21.2. The van der Waals surface area contributed by atoms with Gasteiger partial charge in [0.2, 0.25) is 5.91 Å². The second kappa shape index (κ2) is 18.0. The first-order valence-corrected chi connectivity index (χ1v) is 10.5. The van der Waals surface area contributed by atoms with E-state index < -0.39 is 0 Å². The summed E-state index contributed by atoms with van der Waals surface area (Å²) in [5.74, 6) is -0.0861. The van der Waals surface area contributed by atoms with E-state index in [0.29, 0.717) is 6.42 Å². The topological polar surface area (TPSA) is 32.7 Å². The van der Waals surface area contributed by atoms with Crippen LogP contribution in [0.1, 0.15) is 90.4 Å². The smallest absolute Gasteiger partial charge is 0.247 e. The van der Waals surface area contributed by atoms with Gasteiger partial charge in [-0.25, -0.2) is 4.99 Å². The molecular formula is C21H39ClN2O. The van der Waals surface area contributed by atoms with Gasteiger partial charge in [-0.15, -0.1) is 11.6 Å². The lowest BCUT2D eigenvalue weighted by molar-refractivity contribution is -0.117. The lowest BCUT2D eigenvalue weighted by Gasteiger charge is -2.07. The van der Waals surface area contributed by atoms with Crippen LogP contribution in [-0.2, 0) is 4.79 Å². The number of unbranched alkanes of at least 4 members (excludes halogenated alkanes) is 8. The average Bonchev–Trinajstić information content (AvgIpc) is 2.59. The van der Waals surface area contributed by atoms with Gasteiger partial charge < -0.3 is 4.90 Å². The number of nitrogens with zero attached hydrogens (tertiary/aromatic N) is 2. The summed E-state index contributed by atoms with van der Waals surface area (Å²) >= 11 is 6.29. The zero-order chi connectivity index (χ0) is 18.8. The molecule has 0 saturated carbocycles. The van der Waals surface area contributed by atoms with Gasteiger partial charge in [-0.2, -0.15) is 0 Å². The fourth-order valence-corrected chi connectivity index (χ4v) is 2.84. The predicted octanol–water partition coefficient (Wildman–Crippen LogP) is 6.36. The number of allylic oxidation sites excluding steroid dienone is 2.